The summed E-state index contributed by atoms with van der Waals surface area (Å²) in [7, 11) is 1.56. The van der Waals surface area contributed by atoms with E-state index in [1.54, 1.807) is 20.0 Å². The van der Waals surface area contributed by atoms with Crippen molar-refractivity contribution in [3.05, 3.63) is 11.8 Å². The fourth-order valence-corrected chi connectivity index (χ4v) is 1.83. The molecule has 0 spiro atoms. The molecule has 0 aliphatic rings. The Hall–Kier alpha value is -1.89. The maximum absolute atomic E-state index is 12.2. The summed E-state index contributed by atoms with van der Waals surface area (Å²) >= 11 is 0. The van der Waals surface area contributed by atoms with Crippen molar-refractivity contribution in [1.82, 2.24) is 10.1 Å². The lowest BCUT2D eigenvalue weighted by atomic mass is 9.92. The summed E-state index contributed by atoms with van der Waals surface area (Å²) in [5, 5.41) is 6.21. The number of hydrogen-bond donors (Lipinski definition) is 2. The number of aromatic nitrogens is 1. The van der Waals surface area contributed by atoms with Crippen LogP contribution in [-0.4, -0.2) is 41.0 Å². The first-order valence-electron chi connectivity index (χ1n) is 6.60. The molecule has 0 bridgehead atoms. The Morgan fingerprint density at radius 3 is 2.50 bits per heavy atom. The molecule has 2 amide bonds. The normalized spacial score (nSPS) is 11.2. The molecule has 0 fully saturated rings. The predicted octanol–water partition coefficient (Wildman–Crippen LogP) is 0.897. The molecule has 0 radical (unpaired) electrons. The number of nitrogens with one attached hydrogen (secondary N) is 1. The molecule has 20 heavy (non-hydrogen) atoms. The molecule has 1 aromatic rings. The summed E-state index contributed by atoms with van der Waals surface area (Å²) in [4.78, 5) is 25.3. The van der Waals surface area contributed by atoms with Crippen LogP contribution in [0.4, 0.5) is 5.82 Å². The van der Waals surface area contributed by atoms with Crippen LogP contribution in [0.25, 0.3) is 0 Å². The van der Waals surface area contributed by atoms with E-state index in [0.717, 1.165) is 0 Å². The van der Waals surface area contributed by atoms with E-state index in [-0.39, 0.29) is 18.4 Å². The molecule has 1 aromatic heterocycles. The van der Waals surface area contributed by atoms with Crippen LogP contribution >= 0.6 is 0 Å². The molecular formula is C13H22N4O3. The molecule has 0 atom stereocenters. The third kappa shape index (κ3) is 3.80. The van der Waals surface area contributed by atoms with Gasteiger partial charge in [0.1, 0.15) is 5.76 Å². The van der Waals surface area contributed by atoms with Crippen LogP contribution in [-0.2, 0) is 9.59 Å². The highest BCUT2D eigenvalue weighted by atomic mass is 16.5. The summed E-state index contributed by atoms with van der Waals surface area (Å²) in [6.07, 6.45) is 1.05. The molecule has 112 valence electrons. The van der Waals surface area contributed by atoms with Crippen molar-refractivity contribution in [3.63, 3.8) is 0 Å². The Kier molecular flexibility index (Phi) is 5.26. The average Bonchev–Trinajstić information content (AvgIpc) is 2.81. The topological polar surface area (TPSA) is 101 Å². The van der Waals surface area contributed by atoms with Crippen LogP contribution in [0.5, 0.6) is 0 Å². The number of nitrogens with two attached hydrogens (primary N) is 1. The van der Waals surface area contributed by atoms with E-state index < -0.39 is 5.54 Å². The molecule has 3 N–H and O–H groups in total. The Labute approximate surface area is 118 Å². The number of nitrogens with zero attached hydrogens (tertiary/aromatic N) is 2. The lowest BCUT2D eigenvalue weighted by molar-refractivity contribution is -0.138. The van der Waals surface area contributed by atoms with E-state index in [0.29, 0.717) is 24.4 Å². The van der Waals surface area contributed by atoms with Gasteiger partial charge in [-0.1, -0.05) is 19.0 Å². The molecule has 0 aliphatic carbocycles. The summed E-state index contributed by atoms with van der Waals surface area (Å²) in [5.74, 6) is 0.346. The van der Waals surface area contributed by atoms with E-state index in [9.17, 15) is 9.59 Å². The minimum absolute atomic E-state index is 0.0797. The number of amides is 2. The second-order valence-corrected chi connectivity index (χ2v) is 4.90. The van der Waals surface area contributed by atoms with E-state index >= 15 is 0 Å². The lowest BCUT2D eigenvalue weighted by Crippen LogP contribution is -2.54. The van der Waals surface area contributed by atoms with Crippen molar-refractivity contribution in [2.75, 3.05) is 18.9 Å². The van der Waals surface area contributed by atoms with Crippen LogP contribution < -0.4 is 11.1 Å². The Morgan fingerprint density at radius 1 is 1.45 bits per heavy atom. The standard InChI is InChI=1S/C13H22N4O3/c1-5-13(14,6-2)12(19)17(4)8-11(18)15-10-7-9(3)20-16-10/h7H,5-6,8,14H2,1-4H3,(H,15,16,18). The second kappa shape index (κ2) is 6.51. The van der Waals surface area contributed by atoms with Crippen molar-refractivity contribution in [1.29, 1.82) is 0 Å². The van der Waals surface area contributed by atoms with Gasteiger partial charge in [-0.25, -0.2) is 0 Å². The summed E-state index contributed by atoms with van der Waals surface area (Å²) < 4.78 is 4.84. The monoisotopic (exact) mass is 282 g/mol. The van der Waals surface area contributed by atoms with Crippen molar-refractivity contribution >= 4 is 17.6 Å². The maximum Gasteiger partial charge on any atom is 0.245 e. The van der Waals surface area contributed by atoms with Gasteiger partial charge < -0.3 is 20.5 Å². The van der Waals surface area contributed by atoms with Crippen LogP contribution in [0.3, 0.4) is 0 Å². The van der Waals surface area contributed by atoms with Gasteiger partial charge in [-0.05, 0) is 19.8 Å². The fraction of sp³-hybridized carbons (Fsp3) is 0.615. The minimum atomic E-state index is -0.917. The van der Waals surface area contributed by atoms with Gasteiger partial charge in [0.05, 0.1) is 12.1 Å². The lowest BCUT2D eigenvalue weighted by Gasteiger charge is -2.30. The zero-order valence-electron chi connectivity index (χ0n) is 12.4. The van der Waals surface area contributed by atoms with E-state index in [1.165, 1.54) is 4.90 Å². The summed E-state index contributed by atoms with van der Waals surface area (Å²) in [5.41, 5.74) is 5.11. The molecule has 0 saturated heterocycles. The highest BCUT2D eigenvalue weighted by molar-refractivity contribution is 5.95. The van der Waals surface area contributed by atoms with Crippen molar-refractivity contribution in [2.24, 2.45) is 5.73 Å². The predicted molar refractivity (Wildman–Crippen MR) is 75.0 cm³/mol. The zero-order chi connectivity index (χ0) is 15.3. The highest BCUT2D eigenvalue weighted by Crippen LogP contribution is 2.14. The van der Waals surface area contributed by atoms with Gasteiger partial charge in [0, 0.05) is 13.1 Å². The molecule has 0 aliphatic heterocycles. The van der Waals surface area contributed by atoms with Gasteiger partial charge in [0.15, 0.2) is 5.82 Å². The van der Waals surface area contributed by atoms with E-state index in [1.807, 2.05) is 13.8 Å². The van der Waals surface area contributed by atoms with Crippen LogP contribution in [0, 0.1) is 6.92 Å². The van der Waals surface area contributed by atoms with Crippen molar-refractivity contribution in [3.8, 4) is 0 Å². The van der Waals surface area contributed by atoms with Crippen LogP contribution in [0.15, 0.2) is 10.6 Å². The smallest absolute Gasteiger partial charge is 0.245 e. The molecule has 0 saturated carbocycles. The Bertz CT molecular complexity index is 480. The summed E-state index contributed by atoms with van der Waals surface area (Å²) in [6, 6.07) is 1.60. The number of anilines is 1. The Morgan fingerprint density at radius 2 is 2.05 bits per heavy atom. The van der Waals surface area contributed by atoms with E-state index in [4.69, 9.17) is 10.3 Å². The van der Waals surface area contributed by atoms with Gasteiger partial charge in [0.2, 0.25) is 11.8 Å². The van der Waals surface area contributed by atoms with Gasteiger partial charge in [-0.3, -0.25) is 9.59 Å². The fourth-order valence-electron chi connectivity index (χ4n) is 1.83. The minimum Gasteiger partial charge on any atom is -0.360 e. The highest BCUT2D eigenvalue weighted by Gasteiger charge is 2.33. The number of carbonyl (C=O) groups excluding carboxylic acids is 2. The average molecular weight is 282 g/mol. The maximum atomic E-state index is 12.2. The quantitative estimate of drug-likeness (QED) is 0.807. The van der Waals surface area contributed by atoms with Gasteiger partial charge in [-0.2, -0.15) is 0 Å². The first-order chi connectivity index (χ1) is 9.32. The molecule has 1 heterocycles. The summed E-state index contributed by atoms with van der Waals surface area (Å²) in [6.45, 7) is 5.36. The number of carbonyl (C=O) groups is 2. The van der Waals surface area contributed by atoms with Crippen molar-refractivity contribution < 1.29 is 14.1 Å². The molecular weight excluding hydrogens is 260 g/mol. The van der Waals surface area contributed by atoms with Crippen LogP contribution in [0.1, 0.15) is 32.4 Å². The van der Waals surface area contributed by atoms with Crippen LogP contribution in [0.2, 0.25) is 0 Å². The number of aryl methyl sites for hydroxylation is 1. The molecule has 7 nitrogen and oxygen atoms in total. The number of hydrogen-bond acceptors (Lipinski definition) is 5. The SMILES string of the molecule is CCC(N)(CC)C(=O)N(C)CC(=O)Nc1cc(C)on1. The molecule has 0 unspecified atom stereocenters. The first-order valence-corrected chi connectivity index (χ1v) is 6.60. The first kappa shape index (κ1) is 16.2. The van der Waals surface area contributed by atoms with Gasteiger partial charge in [-0.15, -0.1) is 0 Å². The zero-order valence-corrected chi connectivity index (χ0v) is 12.4. The third-order valence-corrected chi connectivity index (χ3v) is 3.31. The number of rotatable bonds is 6. The van der Waals surface area contributed by atoms with Crippen molar-refractivity contribution in [2.45, 2.75) is 39.2 Å². The number of likely N-dealkylation sites (N-methyl/N-ethyl adjacent to an activating group) is 1. The largest absolute Gasteiger partial charge is 0.360 e. The third-order valence-electron chi connectivity index (χ3n) is 3.31. The molecule has 7 heteroatoms. The van der Waals surface area contributed by atoms with E-state index in [2.05, 4.69) is 10.5 Å². The second-order valence-electron chi connectivity index (χ2n) is 4.90. The molecule has 1 rings (SSSR count). The Balaban J connectivity index is 2.59. The van der Waals surface area contributed by atoms with Gasteiger partial charge in [0.25, 0.3) is 0 Å². The molecule has 0 aromatic carbocycles. The van der Waals surface area contributed by atoms with Gasteiger partial charge >= 0.3 is 0 Å².